The predicted octanol–water partition coefficient (Wildman–Crippen LogP) is 1.30. The van der Waals surface area contributed by atoms with Crippen LogP contribution in [0.5, 0.6) is 0 Å². The van der Waals surface area contributed by atoms with E-state index in [1.807, 2.05) is 0 Å². The summed E-state index contributed by atoms with van der Waals surface area (Å²) >= 11 is 0. The molecule has 0 radical (unpaired) electrons. The molecule has 0 bridgehead atoms. The zero-order valence-corrected chi connectivity index (χ0v) is 6.71. The summed E-state index contributed by atoms with van der Waals surface area (Å²) in [6, 6.07) is 2.80. The Bertz CT molecular complexity index is 391. The minimum atomic E-state index is -0.762. The summed E-state index contributed by atoms with van der Waals surface area (Å²) in [6.07, 6.45) is 0. The largest absolute Gasteiger partial charge is 0.295 e. The van der Waals surface area contributed by atoms with E-state index in [1.165, 1.54) is 5.48 Å². The Labute approximate surface area is 77.0 Å². The molecule has 0 saturated carbocycles. The van der Waals surface area contributed by atoms with Gasteiger partial charge in [0.15, 0.2) is 0 Å². The van der Waals surface area contributed by atoms with Gasteiger partial charge in [-0.1, -0.05) is 0 Å². The van der Waals surface area contributed by atoms with E-state index in [0.717, 1.165) is 18.2 Å². The van der Waals surface area contributed by atoms with Gasteiger partial charge in [0, 0.05) is 18.2 Å². The molecule has 0 aliphatic heterocycles. The van der Waals surface area contributed by atoms with Gasteiger partial charge in [-0.15, -0.1) is 0 Å². The molecule has 0 heterocycles. The van der Waals surface area contributed by atoms with E-state index in [1.54, 1.807) is 0 Å². The van der Waals surface area contributed by atoms with Crippen molar-refractivity contribution >= 4 is 17.1 Å². The summed E-state index contributed by atoms with van der Waals surface area (Å²) in [5.41, 5.74) is 0.438. The highest BCUT2D eigenvalue weighted by Crippen LogP contribution is 2.27. The number of hydrogen-bond donors (Lipinski definition) is 2. The van der Waals surface area contributed by atoms with Crippen molar-refractivity contribution in [2.24, 2.45) is 0 Å². The molecule has 0 aromatic heterocycles. The molecule has 0 spiro atoms. The van der Waals surface area contributed by atoms with Gasteiger partial charge in [0.2, 0.25) is 0 Å². The normalized spacial score (nSPS) is 9.50. The molecule has 0 atom stereocenters. The Morgan fingerprint density at radius 2 is 1.86 bits per heavy atom. The van der Waals surface area contributed by atoms with Gasteiger partial charge in [0.1, 0.15) is 5.69 Å². The van der Waals surface area contributed by atoms with Crippen LogP contribution in [0.2, 0.25) is 0 Å². The molecule has 0 aliphatic carbocycles. The summed E-state index contributed by atoms with van der Waals surface area (Å²) in [5, 5.41) is 29.1. The molecule has 1 aromatic carbocycles. The van der Waals surface area contributed by atoms with E-state index < -0.39 is 15.5 Å². The molecule has 8 nitrogen and oxygen atoms in total. The highest BCUT2D eigenvalue weighted by molar-refractivity contribution is 5.64. The van der Waals surface area contributed by atoms with Crippen LogP contribution in [0.1, 0.15) is 0 Å². The highest BCUT2D eigenvalue weighted by Gasteiger charge is 2.17. The van der Waals surface area contributed by atoms with Crippen molar-refractivity contribution in [3.05, 3.63) is 38.4 Å². The van der Waals surface area contributed by atoms with Crippen LogP contribution in [0, 0.1) is 20.2 Å². The second-order valence-electron chi connectivity index (χ2n) is 2.33. The average Bonchev–Trinajstić information content (AvgIpc) is 2.16. The lowest BCUT2D eigenvalue weighted by Crippen LogP contribution is -1.98. The van der Waals surface area contributed by atoms with Crippen LogP contribution < -0.4 is 5.48 Å². The van der Waals surface area contributed by atoms with E-state index in [0.29, 0.717) is 0 Å². The number of hydrogen-bond acceptors (Lipinski definition) is 6. The van der Waals surface area contributed by atoms with Gasteiger partial charge in [-0.2, -0.15) is 0 Å². The number of nitrogens with one attached hydrogen (secondary N) is 1. The first-order chi connectivity index (χ1) is 6.56. The van der Waals surface area contributed by atoms with Gasteiger partial charge in [-0.05, 0) is 0 Å². The zero-order valence-electron chi connectivity index (χ0n) is 6.71. The maximum atomic E-state index is 10.3. The van der Waals surface area contributed by atoms with E-state index in [4.69, 9.17) is 5.21 Å². The standard InChI is InChI=1S/C6H5N3O5/c10-7-5-3-4(8(11)12)1-2-6(5)9(13)14/h1-3,7,10H. The van der Waals surface area contributed by atoms with Crippen LogP contribution in [0.25, 0.3) is 0 Å². The summed E-state index contributed by atoms with van der Waals surface area (Å²) in [4.78, 5) is 19.1. The molecule has 2 N–H and O–H groups in total. The zero-order chi connectivity index (χ0) is 10.7. The molecule has 0 amide bonds. The molecule has 8 heteroatoms. The van der Waals surface area contributed by atoms with Crippen LogP contribution in [0.4, 0.5) is 17.1 Å². The van der Waals surface area contributed by atoms with Crippen molar-refractivity contribution in [2.45, 2.75) is 0 Å². The number of benzene rings is 1. The van der Waals surface area contributed by atoms with E-state index >= 15 is 0 Å². The molecule has 0 unspecified atom stereocenters. The second kappa shape index (κ2) is 3.66. The Balaban J connectivity index is 3.25. The van der Waals surface area contributed by atoms with Crippen molar-refractivity contribution in [3.8, 4) is 0 Å². The van der Waals surface area contributed by atoms with E-state index in [9.17, 15) is 20.2 Å². The minimum absolute atomic E-state index is 0.316. The summed E-state index contributed by atoms with van der Waals surface area (Å²) < 4.78 is 0. The highest BCUT2D eigenvalue weighted by atomic mass is 16.6. The van der Waals surface area contributed by atoms with Crippen molar-refractivity contribution in [2.75, 3.05) is 5.48 Å². The Hall–Kier alpha value is -2.22. The monoisotopic (exact) mass is 199 g/mol. The molecular weight excluding hydrogens is 194 g/mol. The van der Waals surface area contributed by atoms with Crippen molar-refractivity contribution < 1.29 is 15.1 Å². The average molecular weight is 199 g/mol. The lowest BCUT2D eigenvalue weighted by Gasteiger charge is -1.99. The van der Waals surface area contributed by atoms with Crippen LogP contribution in [-0.4, -0.2) is 15.1 Å². The van der Waals surface area contributed by atoms with Gasteiger partial charge in [-0.25, -0.2) is 0 Å². The SMILES string of the molecule is O=[N+]([O-])c1ccc([N+](=O)[O-])c(NO)c1. The second-order valence-corrected chi connectivity index (χ2v) is 2.33. The third-order valence-electron chi connectivity index (χ3n) is 1.51. The van der Waals surface area contributed by atoms with Crippen LogP contribution in [0.15, 0.2) is 18.2 Å². The van der Waals surface area contributed by atoms with Crippen LogP contribution in [0.3, 0.4) is 0 Å². The first kappa shape index (κ1) is 9.86. The fourth-order valence-electron chi connectivity index (χ4n) is 0.886. The molecule has 0 saturated heterocycles. The third kappa shape index (κ3) is 1.75. The number of rotatable bonds is 3. The lowest BCUT2D eigenvalue weighted by molar-refractivity contribution is -0.388. The number of non-ortho nitro benzene ring substituents is 1. The molecule has 1 rings (SSSR count). The third-order valence-corrected chi connectivity index (χ3v) is 1.51. The van der Waals surface area contributed by atoms with Gasteiger partial charge < -0.3 is 0 Å². The van der Waals surface area contributed by atoms with Crippen molar-refractivity contribution in [1.29, 1.82) is 0 Å². The molecular formula is C6H5N3O5. The van der Waals surface area contributed by atoms with Gasteiger partial charge in [0.25, 0.3) is 11.4 Å². The summed E-state index contributed by atoms with van der Waals surface area (Å²) in [6.45, 7) is 0. The molecule has 1 aromatic rings. The maximum absolute atomic E-state index is 10.3. The topological polar surface area (TPSA) is 119 Å². The maximum Gasteiger partial charge on any atom is 0.295 e. The first-order valence-electron chi connectivity index (χ1n) is 3.39. The molecule has 0 fully saturated rings. The molecule has 0 aliphatic rings. The fraction of sp³-hybridized carbons (Fsp3) is 0. The van der Waals surface area contributed by atoms with Gasteiger partial charge in [-0.3, -0.25) is 30.9 Å². The van der Waals surface area contributed by atoms with Crippen LogP contribution in [-0.2, 0) is 0 Å². The van der Waals surface area contributed by atoms with Crippen molar-refractivity contribution in [3.63, 3.8) is 0 Å². The summed E-state index contributed by atoms with van der Waals surface area (Å²) in [5.74, 6) is 0. The van der Waals surface area contributed by atoms with Crippen molar-refractivity contribution in [1.82, 2.24) is 0 Å². The quantitative estimate of drug-likeness (QED) is 0.559. The Morgan fingerprint density at radius 3 is 2.29 bits per heavy atom. The van der Waals surface area contributed by atoms with E-state index in [2.05, 4.69) is 0 Å². The predicted molar refractivity (Wildman–Crippen MR) is 45.2 cm³/mol. The molecule has 14 heavy (non-hydrogen) atoms. The summed E-state index contributed by atoms with van der Waals surface area (Å²) in [7, 11) is 0. The van der Waals surface area contributed by atoms with Crippen LogP contribution >= 0.6 is 0 Å². The number of anilines is 1. The number of nitro benzene ring substituents is 2. The fourth-order valence-corrected chi connectivity index (χ4v) is 0.886. The molecule has 74 valence electrons. The van der Waals surface area contributed by atoms with Gasteiger partial charge >= 0.3 is 0 Å². The lowest BCUT2D eigenvalue weighted by atomic mass is 10.2. The first-order valence-corrected chi connectivity index (χ1v) is 3.39. The number of nitrogens with zero attached hydrogens (tertiary/aromatic N) is 2. The van der Waals surface area contributed by atoms with E-state index in [-0.39, 0.29) is 11.4 Å². The van der Waals surface area contributed by atoms with Gasteiger partial charge in [0.05, 0.1) is 9.85 Å². The minimum Gasteiger partial charge on any atom is -0.291 e. The Morgan fingerprint density at radius 1 is 1.21 bits per heavy atom. The number of nitro groups is 2. The Kier molecular flexibility index (Phi) is 2.58. The smallest absolute Gasteiger partial charge is 0.291 e.